The molecule has 2 N–H and O–H groups in total. The van der Waals surface area contributed by atoms with Crippen LogP contribution < -0.4 is 16.2 Å². The molecule has 1 aliphatic heterocycles. The molecule has 1 amide bonds. The third-order valence-electron chi connectivity index (χ3n) is 3.34. The van der Waals surface area contributed by atoms with Gasteiger partial charge in [0.05, 0.1) is 0 Å². The van der Waals surface area contributed by atoms with Crippen LogP contribution in [0.2, 0.25) is 0 Å². The van der Waals surface area contributed by atoms with Crippen molar-refractivity contribution in [2.75, 3.05) is 13.1 Å². The number of piperidine rings is 1. The second kappa shape index (κ2) is 5.30. The Labute approximate surface area is 105 Å². The van der Waals surface area contributed by atoms with E-state index in [2.05, 4.69) is 22.7 Å². The lowest BCUT2D eigenvalue weighted by Gasteiger charge is -2.30. The van der Waals surface area contributed by atoms with Crippen LogP contribution in [-0.4, -0.2) is 34.8 Å². The van der Waals surface area contributed by atoms with Crippen LogP contribution in [0.15, 0.2) is 16.9 Å². The Kier molecular flexibility index (Phi) is 3.76. The molecule has 1 aromatic heterocycles. The van der Waals surface area contributed by atoms with Gasteiger partial charge >= 0.3 is 0 Å². The SMILES string of the molecule is CC1CCNCC1NC(=O)c1ccc(=O)n(C)n1. The van der Waals surface area contributed by atoms with Crippen LogP contribution >= 0.6 is 0 Å². The van der Waals surface area contributed by atoms with Gasteiger partial charge in [-0.3, -0.25) is 9.59 Å². The Morgan fingerprint density at radius 1 is 1.56 bits per heavy atom. The summed E-state index contributed by atoms with van der Waals surface area (Å²) >= 11 is 0. The van der Waals surface area contributed by atoms with E-state index < -0.39 is 0 Å². The van der Waals surface area contributed by atoms with E-state index in [-0.39, 0.29) is 23.2 Å². The normalized spacial score (nSPS) is 23.7. The molecule has 18 heavy (non-hydrogen) atoms. The van der Waals surface area contributed by atoms with E-state index in [1.807, 2.05) is 0 Å². The minimum Gasteiger partial charge on any atom is -0.346 e. The van der Waals surface area contributed by atoms with Crippen LogP contribution in [0.1, 0.15) is 23.8 Å². The molecule has 1 fully saturated rings. The van der Waals surface area contributed by atoms with Gasteiger partial charge in [0.2, 0.25) is 0 Å². The minimum atomic E-state index is -0.230. The van der Waals surface area contributed by atoms with Gasteiger partial charge in [-0.1, -0.05) is 6.92 Å². The molecule has 0 radical (unpaired) electrons. The highest BCUT2D eigenvalue weighted by Gasteiger charge is 2.23. The largest absolute Gasteiger partial charge is 0.346 e. The molecule has 0 bridgehead atoms. The Balaban J connectivity index is 2.07. The van der Waals surface area contributed by atoms with Gasteiger partial charge < -0.3 is 10.6 Å². The highest BCUT2D eigenvalue weighted by Crippen LogP contribution is 2.11. The molecule has 0 aromatic carbocycles. The summed E-state index contributed by atoms with van der Waals surface area (Å²) in [4.78, 5) is 23.2. The van der Waals surface area contributed by atoms with Crippen LogP contribution in [-0.2, 0) is 7.05 Å². The van der Waals surface area contributed by atoms with Crippen molar-refractivity contribution >= 4 is 5.91 Å². The maximum Gasteiger partial charge on any atom is 0.271 e. The van der Waals surface area contributed by atoms with E-state index in [1.54, 1.807) is 0 Å². The summed E-state index contributed by atoms with van der Waals surface area (Å²) in [5.41, 5.74) is 0.0501. The van der Waals surface area contributed by atoms with Gasteiger partial charge in [-0.25, -0.2) is 4.68 Å². The average Bonchev–Trinajstić information content (AvgIpc) is 2.35. The highest BCUT2D eigenvalue weighted by atomic mass is 16.2. The number of nitrogens with zero attached hydrogens (tertiary/aromatic N) is 2. The van der Waals surface area contributed by atoms with Crippen LogP contribution in [0.5, 0.6) is 0 Å². The van der Waals surface area contributed by atoms with Crippen LogP contribution in [0, 0.1) is 5.92 Å². The molecule has 2 rings (SSSR count). The molecule has 1 aromatic rings. The summed E-state index contributed by atoms with van der Waals surface area (Å²) in [6.07, 6.45) is 1.05. The fraction of sp³-hybridized carbons (Fsp3) is 0.583. The van der Waals surface area contributed by atoms with E-state index in [9.17, 15) is 9.59 Å². The predicted octanol–water partition coefficient (Wildman–Crippen LogP) is -0.492. The zero-order valence-electron chi connectivity index (χ0n) is 10.6. The third-order valence-corrected chi connectivity index (χ3v) is 3.34. The molecule has 6 nitrogen and oxygen atoms in total. The molecule has 98 valence electrons. The average molecular weight is 250 g/mol. The Morgan fingerprint density at radius 3 is 3.00 bits per heavy atom. The van der Waals surface area contributed by atoms with Gasteiger partial charge in [0.1, 0.15) is 5.69 Å². The Hall–Kier alpha value is -1.69. The van der Waals surface area contributed by atoms with Crippen molar-refractivity contribution in [3.05, 3.63) is 28.2 Å². The topological polar surface area (TPSA) is 76.0 Å². The summed E-state index contributed by atoms with van der Waals surface area (Å²) < 4.78 is 1.16. The number of nitrogens with one attached hydrogen (secondary N) is 2. The maximum atomic E-state index is 12.0. The van der Waals surface area contributed by atoms with Gasteiger partial charge in [0.15, 0.2) is 0 Å². The number of amides is 1. The number of carbonyl (C=O) groups excluding carboxylic acids is 1. The molecule has 2 unspecified atom stereocenters. The lowest BCUT2D eigenvalue weighted by Crippen LogP contribution is -2.50. The molecular weight excluding hydrogens is 232 g/mol. The van der Waals surface area contributed by atoms with E-state index in [0.717, 1.165) is 24.2 Å². The van der Waals surface area contributed by atoms with Crippen molar-refractivity contribution in [1.82, 2.24) is 20.4 Å². The van der Waals surface area contributed by atoms with Crippen LogP contribution in [0.4, 0.5) is 0 Å². The predicted molar refractivity (Wildman–Crippen MR) is 67.4 cm³/mol. The van der Waals surface area contributed by atoms with E-state index >= 15 is 0 Å². The van der Waals surface area contributed by atoms with Crippen LogP contribution in [0.3, 0.4) is 0 Å². The van der Waals surface area contributed by atoms with Crippen molar-refractivity contribution in [1.29, 1.82) is 0 Å². The fourth-order valence-electron chi connectivity index (χ4n) is 2.05. The van der Waals surface area contributed by atoms with Crippen molar-refractivity contribution < 1.29 is 4.79 Å². The number of aryl methyl sites for hydroxylation is 1. The quantitative estimate of drug-likeness (QED) is 0.742. The molecule has 0 aliphatic carbocycles. The molecule has 2 atom stereocenters. The number of hydrogen-bond acceptors (Lipinski definition) is 4. The van der Waals surface area contributed by atoms with E-state index in [4.69, 9.17) is 0 Å². The lowest BCUT2D eigenvalue weighted by atomic mass is 9.95. The standard InChI is InChI=1S/C12H18N4O2/c1-8-5-6-13-7-10(8)14-12(18)9-3-4-11(17)16(2)15-9/h3-4,8,10,13H,5-7H2,1-2H3,(H,14,18). The van der Waals surface area contributed by atoms with Crippen molar-refractivity contribution in [2.24, 2.45) is 13.0 Å². The smallest absolute Gasteiger partial charge is 0.271 e. The lowest BCUT2D eigenvalue weighted by molar-refractivity contribution is 0.0908. The molecule has 2 heterocycles. The summed E-state index contributed by atoms with van der Waals surface area (Å²) in [7, 11) is 1.53. The number of rotatable bonds is 2. The molecule has 6 heteroatoms. The summed E-state index contributed by atoms with van der Waals surface area (Å²) in [5, 5.41) is 10.1. The fourth-order valence-corrected chi connectivity index (χ4v) is 2.05. The van der Waals surface area contributed by atoms with E-state index in [1.165, 1.54) is 19.2 Å². The summed E-state index contributed by atoms with van der Waals surface area (Å²) in [6, 6.07) is 2.92. The number of aromatic nitrogens is 2. The van der Waals surface area contributed by atoms with Crippen LogP contribution in [0.25, 0.3) is 0 Å². The first-order valence-electron chi connectivity index (χ1n) is 6.14. The van der Waals surface area contributed by atoms with Gasteiger partial charge in [-0.15, -0.1) is 0 Å². The second-order valence-electron chi connectivity index (χ2n) is 4.73. The molecule has 0 spiro atoms. The second-order valence-corrected chi connectivity index (χ2v) is 4.73. The first kappa shape index (κ1) is 12.8. The molecule has 1 aliphatic rings. The van der Waals surface area contributed by atoms with Gasteiger partial charge in [0.25, 0.3) is 11.5 Å². The van der Waals surface area contributed by atoms with Gasteiger partial charge in [-0.2, -0.15) is 5.10 Å². The Morgan fingerprint density at radius 2 is 2.33 bits per heavy atom. The molecular formula is C12H18N4O2. The van der Waals surface area contributed by atoms with E-state index in [0.29, 0.717) is 5.92 Å². The van der Waals surface area contributed by atoms with Crippen molar-refractivity contribution in [3.8, 4) is 0 Å². The van der Waals surface area contributed by atoms with Crippen molar-refractivity contribution in [3.63, 3.8) is 0 Å². The molecule has 1 saturated heterocycles. The first-order chi connectivity index (χ1) is 8.58. The minimum absolute atomic E-state index is 0.116. The van der Waals surface area contributed by atoms with Gasteiger partial charge in [0, 0.05) is 25.7 Å². The maximum absolute atomic E-state index is 12.0. The number of carbonyl (C=O) groups is 1. The van der Waals surface area contributed by atoms with Crippen molar-refractivity contribution in [2.45, 2.75) is 19.4 Å². The zero-order valence-corrected chi connectivity index (χ0v) is 10.6. The first-order valence-corrected chi connectivity index (χ1v) is 6.14. The Bertz CT molecular complexity index is 497. The highest BCUT2D eigenvalue weighted by molar-refractivity contribution is 5.92. The summed E-state index contributed by atoms with van der Waals surface area (Å²) in [5.74, 6) is 0.217. The monoisotopic (exact) mass is 250 g/mol. The number of hydrogen-bond donors (Lipinski definition) is 2. The third kappa shape index (κ3) is 2.76. The van der Waals surface area contributed by atoms with Gasteiger partial charge in [-0.05, 0) is 24.9 Å². The summed E-state index contributed by atoms with van der Waals surface area (Å²) in [6.45, 7) is 3.89. The molecule has 0 saturated carbocycles. The zero-order chi connectivity index (χ0) is 13.1.